The molecule has 0 saturated carbocycles. The predicted octanol–water partition coefficient (Wildman–Crippen LogP) is -0.446. The van der Waals surface area contributed by atoms with Crippen LogP contribution in [0.25, 0.3) is 0 Å². The Labute approximate surface area is 65.5 Å². The Balaban J connectivity index is 4.12. The molecule has 62 valence electrons. The minimum absolute atomic E-state index is 0.258. The van der Waals surface area contributed by atoms with Gasteiger partial charge in [0, 0.05) is 18.2 Å². The van der Waals surface area contributed by atoms with E-state index in [4.69, 9.17) is 5.73 Å². The number of rotatable bonds is 3. The van der Waals surface area contributed by atoms with Crippen LogP contribution in [0.4, 0.5) is 0 Å². The molecule has 0 spiro atoms. The van der Waals surface area contributed by atoms with Crippen molar-refractivity contribution >= 4 is 11.8 Å². The molecule has 0 aromatic carbocycles. The van der Waals surface area contributed by atoms with Crippen LogP contribution in [0.2, 0.25) is 0 Å². The smallest absolute Gasteiger partial charge is 0.247 e. The molecule has 11 heavy (non-hydrogen) atoms. The van der Waals surface area contributed by atoms with E-state index < -0.39 is 5.91 Å². The Morgan fingerprint density at radius 1 is 1.55 bits per heavy atom. The summed E-state index contributed by atoms with van der Waals surface area (Å²) in [6.45, 7) is 3.88. The fourth-order valence-corrected chi connectivity index (χ4v) is 0.579. The van der Waals surface area contributed by atoms with E-state index in [0.717, 1.165) is 6.08 Å². The van der Waals surface area contributed by atoms with Gasteiger partial charge in [-0.15, -0.1) is 0 Å². The van der Waals surface area contributed by atoms with Crippen molar-refractivity contribution in [2.45, 2.75) is 13.8 Å². The molecule has 0 radical (unpaired) electrons. The number of likely N-dealkylation sites (N-methyl/N-ethyl adjacent to an activating group) is 1. The van der Waals surface area contributed by atoms with Gasteiger partial charge in [-0.1, -0.05) is 0 Å². The molecule has 0 aromatic rings. The first-order valence-corrected chi connectivity index (χ1v) is 3.33. The van der Waals surface area contributed by atoms with Gasteiger partial charge in [0.2, 0.25) is 11.8 Å². The molecular weight excluding hydrogens is 144 g/mol. The third-order valence-electron chi connectivity index (χ3n) is 1.05. The summed E-state index contributed by atoms with van der Waals surface area (Å²) in [4.78, 5) is 21.2. The SMILES string of the molecule is CCNC(=O)C(C)=CC(N)=O. The van der Waals surface area contributed by atoms with Crippen molar-refractivity contribution < 1.29 is 9.59 Å². The van der Waals surface area contributed by atoms with E-state index in [-0.39, 0.29) is 5.91 Å². The number of hydrogen-bond donors (Lipinski definition) is 2. The van der Waals surface area contributed by atoms with Gasteiger partial charge in [0.05, 0.1) is 0 Å². The van der Waals surface area contributed by atoms with E-state index >= 15 is 0 Å². The third-order valence-corrected chi connectivity index (χ3v) is 1.05. The fraction of sp³-hybridized carbons (Fsp3) is 0.429. The molecule has 0 bridgehead atoms. The van der Waals surface area contributed by atoms with Gasteiger partial charge in [-0.25, -0.2) is 0 Å². The highest BCUT2D eigenvalue weighted by molar-refractivity contribution is 5.99. The number of primary amides is 1. The van der Waals surface area contributed by atoms with E-state index in [1.165, 1.54) is 6.92 Å². The second-order valence-corrected chi connectivity index (χ2v) is 2.09. The average Bonchev–Trinajstić information content (AvgIpc) is 1.86. The maximum atomic E-state index is 10.9. The molecule has 4 nitrogen and oxygen atoms in total. The topological polar surface area (TPSA) is 72.2 Å². The summed E-state index contributed by atoms with van der Waals surface area (Å²) in [7, 11) is 0. The highest BCUT2D eigenvalue weighted by Gasteiger charge is 2.01. The molecule has 0 atom stereocenters. The monoisotopic (exact) mass is 156 g/mol. The molecule has 0 unspecified atom stereocenters. The summed E-state index contributed by atoms with van der Waals surface area (Å²) in [5.74, 6) is -0.861. The second-order valence-electron chi connectivity index (χ2n) is 2.09. The van der Waals surface area contributed by atoms with E-state index in [0.29, 0.717) is 12.1 Å². The quantitative estimate of drug-likeness (QED) is 0.543. The molecule has 0 fully saturated rings. The first-order chi connectivity index (χ1) is 5.07. The van der Waals surface area contributed by atoms with Crippen LogP contribution in [0, 0.1) is 0 Å². The maximum Gasteiger partial charge on any atom is 0.247 e. The van der Waals surface area contributed by atoms with Gasteiger partial charge in [-0.05, 0) is 13.8 Å². The molecule has 0 rings (SSSR count). The minimum Gasteiger partial charge on any atom is -0.366 e. The van der Waals surface area contributed by atoms with Crippen LogP contribution in [-0.2, 0) is 9.59 Å². The van der Waals surface area contributed by atoms with E-state index in [2.05, 4.69) is 5.32 Å². The summed E-state index contributed by atoms with van der Waals surface area (Å²) in [6, 6.07) is 0. The van der Waals surface area contributed by atoms with Crippen LogP contribution in [0.5, 0.6) is 0 Å². The molecule has 0 aliphatic heterocycles. The standard InChI is InChI=1S/C7H12N2O2/c1-3-9-7(11)5(2)4-6(8)10/h4H,3H2,1-2H3,(H2,8,10)(H,9,11). The molecule has 0 aliphatic rings. The van der Waals surface area contributed by atoms with Crippen LogP contribution in [0.15, 0.2) is 11.6 Å². The van der Waals surface area contributed by atoms with Gasteiger partial charge in [0.1, 0.15) is 0 Å². The van der Waals surface area contributed by atoms with Gasteiger partial charge in [-0.3, -0.25) is 9.59 Å². The molecule has 0 aliphatic carbocycles. The summed E-state index contributed by atoms with van der Waals surface area (Å²) in [6.07, 6.45) is 1.10. The lowest BCUT2D eigenvalue weighted by molar-refractivity contribution is -0.118. The average molecular weight is 156 g/mol. The lowest BCUT2D eigenvalue weighted by Crippen LogP contribution is -2.24. The Morgan fingerprint density at radius 2 is 2.09 bits per heavy atom. The number of amides is 2. The van der Waals surface area contributed by atoms with Crippen molar-refractivity contribution in [3.63, 3.8) is 0 Å². The molecule has 0 heterocycles. The largest absolute Gasteiger partial charge is 0.366 e. The first-order valence-electron chi connectivity index (χ1n) is 3.33. The van der Waals surface area contributed by atoms with Gasteiger partial charge < -0.3 is 11.1 Å². The molecule has 0 saturated heterocycles. The van der Waals surface area contributed by atoms with Crippen molar-refractivity contribution in [1.29, 1.82) is 0 Å². The van der Waals surface area contributed by atoms with Crippen LogP contribution in [-0.4, -0.2) is 18.4 Å². The van der Waals surface area contributed by atoms with E-state index in [9.17, 15) is 9.59 Å². The fourth-order valence-electron chi connectivity index (χ4n) is 0.579. The molecule has 4 heteroatoms. The molecular formula is C7H12N2O2. The zero-order valence-corrected chi connectivity index (χ0v) is 6.68. The Morgan fingerprint density at radius 3 is 2.45 bits per heavy atom. The zero-order valence-electron chi connectivity index (χ0n) is 6.68. The summed E-state index contributed by atoms with van der Waals surface area (Å²) in [5, 5.41) is 2.54. The highest BCUT2D eigenvalue weighted by atomic mass is 16.2. The van der Waals surface area contributed by atoms with Gasteiger partial charge in [0.25, 0.3) is 0 Å². The highest BCUT2D eigenvalue weighted by Crippen LogP contribution is 1.90. The van der Waals surface area contributed by atoms with Crippen molar-refractivity contribution in [2.75, 3.05) is 6.54 Å². The Bertz CT molecular complexity index is 197. The maximum absolute atomic E-state index is 10.9. The van der Waals surface area contributed by atoms with E-state index in [1.54, 1.807) is 6.92 Å². The third kappa shape index (κ3) is 4.13. The Hall–Kier alpha value is -1.32. The van der Waals surface area contributed by atoms with Crippen LogP contribution in [0.3, 0.4) is 0 Å². The number of nitrogens with one attached hydrogen (secondary N) is 1. The van der Waals surface area contributed by atoms with Crippen LogP contribution < -0.4 is 11.1 Å². The van der Waals surface area contributed by atoms with Gasteiger partial charge in [0.15, 0.2) is 0 Å². The number of hydrogen-bond acceptors (Lipinski definition) is 2. The van der Waals surface area contributed by atoms with Crippen molar-refractivity contribution in [3.05, 3.63) is 11.6 Å². The van der Waals surface area contributed by atoms with Gasteiger partial charge >= 0.3 is 0 Å². The Kier molecular flexibility index (Phi) is 3.95. The molecule has 0 aromatic heterocycles. The number of nitrogens with two attached hydrogens (primary N) is 1. The van der Waals surface area contributed by atoms with Crippen LogP contribution >= 0.6 is 0 Å². The van der Waals surface area contributed by atoms with E-state index in [1.807, 2.05) is 0 Å². The number of carbonyl (C=O) groups is 2. The lowest BCUT2D eigenvalue weighted by atomic mass is 10.2. The summed E-state index contributed by atoms with van der Waals surface area (Å²) in [5.41, 5.74) is 5.16. The van der Waals surface area contributed by atoms with Crippen molar-refractivity contribution in [2.24, 2.45) is 5.73 Å². The lowest BCUT2D eigenvalue weighted by Gasteiger charge is -1.99. The minimum atomic E-state index is -0.603. The molecule has 2 amide bonds. The van der Waals surface area contributed by atoms with Gasteiger partial charge in [-0.2, -0.15) is 0 Å². The summed E-state index contributed by atoms with van der Waals surface area (Å²) >= 11 is 0. The van der Waals surface area contributed by atoms with Crippen molar-refractivity contribution in [1.82, 2.24) is 5.32 Å². The first kappa shape index (κ1) is 9.68. The normalized spacial score (nSPS) is 10.9. The zero-order chi connectivity index (χ0) is 8.85. The van der Waals surface area contributed by atoms with Crippen LogP contribution in [0.1, 0.15) is 13.8 Å². The van der Waals surface area contributed by atoms with Crippen molar-refractivity contribution in [3.8, 4) is 0 Å². The number of carbonyl (C=O) groups excluding carboxylic acids is 2. The summed E-state index contributed by atoms with van der Waals surface area (Å²) < 4.78 is 0. The second kappa shape index (κ2) is 4.49. The molecule has 3 N–H and O–H groups in total. The predicted molar refractivity (Wildman–Crippen MR) is 41.6 cm³/mol.